The van der Waals surface area contributed by atoms with E-state index in [1.165, 1.54) is 0 Å². The van der Waals surface area contributed by atoms with E-state index in [-0.39, 0.29) is 5.41 Å². The minimum atomic E-state index is -0.225. The number of nitriles is 1. The molecule has 1 aliphatic carbocycles. The molecule has 1 heterocycles. The Labute approximate surface area is 102 Å². The molecule has 1 saturated carbocycles. The molecule has 1 aliphatic rings. The van der Waals surface area contributed by atoms with Crippen molar-refractivity contribution >= 4 is 27.7 Å². The summed E-state index contributed by atoms with van der Waals surface area (Å²) in [4.78, 5) is 5.43. The first kappa shape index (κ1) is 11.0. The average Bonchev–Trinajstić information content (AvgIpc) is 3.02. The van der Waals surface area contributed by atoms with Crippen molar-refractivity contribution in [2.24, 2.45) is 0 Å². The van der Waals surface area contributed by atoms with Crippen LogP contribution in [0.3, 0.4) is 0 Å². The summed E-state index contributed by atoms with van der Waals surface area (Å²) in [6, 6.07) is 4.49. The van der Waals surface area contributed by atoms with E-state index in [1.807, 2.05) is 6.20 Å². The monoisotopic (exact) mass is 282 g/mol. The number of nitrogens with zero attached hydrogens (tertiary/aromatic N) is 2. The Morgan fingerprint density at radius 2 is 2.40 bits per heavy atom. The molecule has 2 nitrogen and oxygen atoms in total. The molecule has 0 saturated heterocycles. The van der Waals surface area contributed by atoms with Gasteiger partial charge in [-0.3, -0.25) is 0 Å². The lowest BCUT2D eigenvalue weighted by Gasteiger charge is -2.08. The first-order chi connectivity index (χ1) is 7.22. The van der Waals surface area contributed by atoms with Crippen molar-refractivity contribution in [1.82, 2.24) is 4.98 Å². The second-order valence-electron chi connectivity index (χ2n) is 3.64. The summed E-state index contributed by atoms with van der Waals surface area (Å²) >= 11 is 5.18. The summed E-state index contributed by atoms with van der Waals surface area (Å²) in [6.45, 7) is 2.11. The number of hydrogen-bond donors (Lipinski definition) is 0. The minimum Gasteiger partial charge on any atom is -0.248 e. The zero-order chi connectivity index (χ0) is 10.9. The van der Waals surface area contributed by atoms with E-state index in [9.17, 15) is 0 Å². The summed E-state index contributed by atoms with van der Waals surface area (Å²) in [5, 5.41) is 9.10. The van der Waals surface area contributed by atoms with Crippen LogP contribution in [0.4, 0.5) is 0 Å². The van der Waals surface area contributed by atoms with Gasteiger partial charge in [0.25, 0.3) is 0 Å². The van der Waals surface area contributed by atoms with Crippen LogP contribution in [0.5, 0.6) is 0 Å². The molecular weight excluding hydrogens is 272 g/mol. The van der Waals surface area contributed by atoms with Gasteiger partial charge >= 0.3 is 0 Å². The Balaban J connectivity index is 2.35. The summed E-state index contributed by atoms with van der Waals surface area (Å²) in [5.41, 5.74) is 0.848. The van der Waals surface area contributed by atoms with Gasteiger partial charge in [0.05, 0.1) is 11.5 Å². The SMILES string of the molecule is CCSc1cc(C2(C#N)CC2)cnc1Br. The van der Waals surface area contributed by atoms with Gasteiger partial charge in [-0.2, -0.15) is 5.26 Å². The van der Waals surface area contributed by atoms with E-state index >= 15 is 0 Å². The van der Waals surface area contributed by atoms with E-state index < -0.39 is 0 Å². The number of aromatic nitrogens is 1. The number of halogens is 1. The van der Waals surface area contributed by atoms with E-state index in [0.717, 1.165) is 33.7 Å². The van der Waals surface area contributed by atoms with Crippen LogP contribution in [0.2, 0.25) is 0 Å². The summed E-state index contributed by atoms with van der Waals surface area (Å²) < 4.78 is 0.881. The molecule has 1 aromatic heterocycles. The van der Waals surface area contributed by atoms with Crippen molar-refractivity contribution in [2.75, 3.05) is 5.75 Å². The molecule has 0 radical (unpaired) electrons. The van der Waals surface area contributed by atoms with Gasteiger partial charge in [0.15, 0.2) is 0 Å². The summed E-state index contributed by atoms with van der Waals surface area (Å²) in [7, 11) is 0. The molecule has 0 spiro atoms. The highest BCUT2D eigenvalue weighted by Crippen LogP contribution is 2.48. The molecule has 78 valence electrons. The predicted octanol–water partition coefficient (Wildman–Crippen LogP) is 3.51. The zero-order valence-electron chi connectivity index (χ0n) is 8.46. The Bertz CT molecular complexity index is 421. The fraction of sp³-hybridized carbons (Fsp3) is 0.455. The van der Waals surface area contributed by atoms with Gasteiger partial charge in [-0.15, -0.1) is 11.8 Å². The maximum absolute atomic E-state index is 9.10. The Kier molecular flexibility index (Phi) is 3.03. The van der Waals surface area contributed by atoms with Crippen LogP contribution in [0.1, 0.15) is 25.3 Å². The van der Waals surface area contributed by atoms with Crippen LogP contribution >= 0.6 is 27.7 Å². The van der Waals surface area contributed by atoms with E-state index in [1.54, 1.807) is 11.8 Å². The number of thioether (sulfide) groups is 1. The predicted molar refractivity (Wildman–Crippen MR) is 64.9 cm³/mol. The van der Waals surface area contributed by atoms with E-state index in [4.69, 9.17) is 5.26 Å². The molecule has 2 rings (SSSR count). The smallest absolute Gasteiger partial charge is 0.119 e. The molecule has 1 aromatic rings. The van der Waals surface area contributed by atoms with Crippen LogP contribution in [-0.4, -0.2) is 10.7 Å². The molecule has 1 fully saturated rings. The van der Waals surface area contributed by atoms with Gasteiger partial charge in [-0.25, -0.2) is 4.98 Å². The quantitative estimate of drug-likeness (QED) is 0.629. The van der Waals surface area contributed by atoms with Crippen molar-refractivity contribution in [3.05, 3.63) is 22.4 Å². The highest BCUT2D eigenvalue weighted by molar-refractivity contribution is 9.10. The largest absolute Gasteiger partial charge is 0.248 e. The van der Waals surface area contributed by atoms with Gasteiger partial charge in [0, 0.05) is 11.1 Å². The first-order valence-corrected chi connectivity index (χ1v) is 6.70. The molecule has 0 aliphatic heterocycles. The summed E-state index contributed by atoms with van der Waals surface area (Å²) in [6.07, 6.45) is 3.77. The second kappa shape index (κ2) is 4.15. The fourth-order valence-corrected chi connectivity index (χ4v) is 2.79. The highest BCUT2D eigenvalue weighted by Gasteiger charge is 2.45. The fourth-order valence-electron chi connectivity index (χ4n) is 1.54. The molecule has 0 atom stereocenters. The molecule has 0 bridgehead atoms. The summed E-state index contributed by atoms with van der Waals surface area (Å²) in [5.74, 6) is 1.02. The Morgan fingerprint density at radius 3 is 2.93 bits per heavy atom. The molecule has 15 heavy (non-hydrogen) atoms. The second-order valence-corrected chi connectivity index (χ2v) is 5.70. The molecule has 0 N–H and O–H groups in total. The zero-order valence-corrected chi connectivity index (χ0v) is 10.9. The van der Waals surface area contributed by atoms with Gasteiger partial charge in [0.2, 0.25) is 0 Å². The van der Waals surface area contributed by atoms with Crippen molar-refractivity contribution in [2.45, 2.75) is 30.1 Å². The van der Waals surface area contributed by atoms with E-state index in [0.29, 0.717) is 0 Å². The number of rotatable bonds is 3. The van der Waals surface area contributed by atoms with Crippen molar-refractivity contribution < 1.29 is 0 Å². The van der Waals surface area contributed by atoms with Gasteiger partial charge < -0.3 is 0 Å². The molecule has 4 heteroatoms. The van der Waals surface area contributed by atoms with Crippen LogP contribution in [0.15, 0.2) is 21.8 Å². The minimum absolute atomic E-state index is 0.225. The van der Waals surface area contributed by atoms with Gasteiger partial charge in [-0.05, 0) is 46.2 Å². The average molecular weight is 283 g/mol. The topological polar surface area (TPSA) is 36.7 Å². The van der Waals surface area contributed by atoms with Crippen LogP contribution in [0.25, 0.3) is 0 Å². The Morgan fingerprint density at radius 1 is 1.67 bits per heavy atom. The first-order valence-electron chi connectivity index (χ1n) is 4.92. The lowest BCUT2D eigenvalue weighted by Crippen LogP contribution is -2.03. The van der Waals surface area contributed by atoms with E-state index in [2.05, 4.69) is 40.0 Å². The number of hydrogen-bond acceptors (Lipinski definition) is 3. The van der Waals surface area contributed by atoms with Crippen LogP contribution in [-0.2, 0) is 5.41 Å². The van der Waals surface area contributed by atoms with Crippen LogP contribution in [0, 0.1) is 11.3 Å². The van der Waals surface area contributed by atoms with Gasteiger partial charge in [0.1, 0.15) is 4.60 Å². The molecule has 0 amide bonds. The maximum Gasteiger partial charge on any atom is 0.119 e. The lowest BCUT2D eigenvalue weighted by atomic mass is 10.0. The van der Waals surface area contributed by atoms with Gasteiger partial charge in [-0.1, -0.05) is 6.92 Å². The van der Waals surface area contributed by atoms with Crippen molar-refractivity contribution in [3.8, 4) is 6.07 Å². The molecule has 0 unspecified atom stereocenters. The Hall–Kier alpha value is -0.530. The maximum atomic E-state index is 9.10. The number of pyridine rings is 1. The normalized spacial score (nSPS) is 17.1. The third-order valence-electron chi connectivity index (χ3n) is 2.62. The third-order valence-corrected chi connectivity index (χ3v) is 4.43. The van der Waals surface area contributed by atoms with Crippen molar-refractivity contribution in [3.63, 3.8) is 0 Å². The highest BCUT2D eigenvalue weighted by atomic mass is 79.9. The molecular formula is C11H11BrN2S. The lowest BCUT2D eigenvalue weighted by molar-refractivity contribution is 0.884. The standard InChI is InChI=1S/C11H11BrN2S/c1-2-15-9-5-8(6-14-10(9)12)11(7-13)3-4-11/h5-6H,2-4H2,1H3. The van der Waals surface area contributed by atoms with Crippen LogP contribution < -0.4 is 0 Å². The van der Waals surface area contributed by atoms with Crippen molar-refractivity contribution in [1.29, 1.82) is 5.26 Å². The molecule has 0 aromatic carbocycles. The third kappa shape index (κ3) is 2.04.